The SMILES string of the molecule is CC(C)(C)c1ccnc(-c2cccc(-c3cc(-c4ccccc4-n4c5ccccc5c5cccnc54)cc(-c4ccccc4O)n3)c2)c1. The van der Waals surface area contributed by atoms with Crippen LogP contribution < -0.4 is 0 Å². The minimum Gasteiger partial charge on any atom is -0.507 e. The molecule has 0 aliphatic heterocycles. The predicted octanol–water partition coefficient (Wildman–Crippen LogP) is 10.6. The molecule has 0 saturated carbocycles. The van der Waals surface area contributed by atoms with Gasteiger partial charge in [0.15, 0.2) is 0 Å². The van der Waals surface area contributed by atoms with Gasteiger partial charge in [0.1, 0.15) is 11.4 Å². The Bertz CT molecular complexity index is 2420. The Kier molecular flexibility index (Phi) is 7.10. The van der Waals surface area contributed by atoms with E-state index in [1.807, 2.05) is 36.7 Å². The van der Waals surface area contributed by atoms with E-state index < -0.39 is 0 Å². The molecular weight excluding hydrogens is 589 g/mol. The fraction of sp³-hybridized carbons (Fsp3) is 0.0930. The maximum atomic E-state index is 11.0. The molecule has 4 heterocycles. The van der Waals surface area contributed by atoms with Crippen molar-refractivity contribution in [2.24, 2.45) is 0 Å². The molecule has 5 nitrogen and oxygen atoms in total. The molecule has 0 fully saturated rings. The maximum absolute atomic E-state index is 11.0. The van der Waals surface area contributed by atoms with Crippen LogP contribution >= 0.6 is 0 Å². The second-order valence-corrected chi connectivity index (χ2v) is 13.1. The molecule has 0 unspecified atom stereocenters. The average molecular weight is 623 g/mol. The summed E-state index contributed by atoms with van der Waals surface area (Å²) in [6, 6.07) is 45.2. The highest BCUT2D eigenvalue weighted by Gasteiger charge is 2.19. The van der Waals surface area contributed by atoms with Crippen LogP contribution in [0.1, 0.15) is 26.3 Å². The molecule has 0 aliphatic rings. The highest BCUT2D eigenvalue weighted by molar-refractivity contribution is 6.08. The quantitative estimate of drug-likeness (QED) is 0.207. The summed E-state index contributed by atoms with van der Waals surface area (Å²) in [5, 5.41) is 13.2. The van der Waals surface area contributed by atoms with Crippen molar-refractivity contribution in [1.29, 1.82) is 0 Å². The number of aromatic nitrogens is 4. The summed E-state index contributed by atoms with van der Waals surface area (Å²) in [6.07, 6.45) is 3.73. The highest BCUT2D eigenvalue weighted by atomic mass is 16.3. The number of nitrogens with zero attached hydrogens (tertiary/aromatic N) is 4. The lowest BCUT2D eigenvalue weighted by Crippen LogP contribution is -2.11. The first-order valence-electron chi connectivity index (χ1n) is 16.2. The molecule has 8 aromatic rings. The number of pyridine rings is 3. The van der Waals surface area contributed by atoms with Gasteiger partial charge in [-0.2, -0.15) is 0 Å². The molecular formula is C43H34N4O. The van der Waals surface area contributed by atoms with Gasteiger partial charge in [-0.05, 0) is 83.3 Å². The molecule has 0 bridgehead atoms. The number of fused-ring (bicyclic) bond motifs is 3. The smallest absolute Gasteiger partial charge is 0.145 e. The molecule has 48 heavy (non-hydrogen) atoms. The second kappa shape index (κ2) is 11.6. The summed E-state index contributed by atoms with van der Waals surface area (Å²) in [5.74, 6) is 0.185. The molecule has 1 N–H and O–H groups in total. The minimum absolute atomic E-state index is 0.0110. The number of aromatic hydroxyl groups is 1. The molecule has 0 amide bonds. The summed E-state index contributed by atoms with van der Waals surface area (Å²) in [7, 11) is 0. The van der Waals surface area contributed by atoms with Crippen molar-refractivity contribution in [3.63, 3.8) is 0 Å². The predicted molar refractivity (Wildman–Crippen MR) is 196 cm³/mol. The van der Waals surface area contributed by atoms with Crippen molar-refractivity contribution in [2.45, 2.75) is 26.2 Å². The lowest BCUT2D eigenvalue weighted by Gasteiger charge is -2.19. The molecule has 0 radical (unpaired) electrons. The largest absolute Gasteiger partial charge is 0.507 e. The first kappa shape index (κ1) is 29.3. The summed E-state index contributed by atoms with van der Waals surface area (Å²) in [4.78, 5) is 14.7. The number of benzene rings is 4. The van der Waals surface area contributed by atoms with Crippen LogP contribution in [0.15, 0.2) is 146 Å². The van der Waals surface area contributed by atoms with Crippen LogP contribution in [-0.2, 0) is 5.41 Å². The molecule has 8 rings (SSSR count). The van der Waals surface area contributed by atoms with Gasteiger partial charge >= 0.3 is 0 Å². The molecule has 5 heteroatoms. The lowest BCUT2D eigenvalue weighted by molar-refractivity contribution is 0.477. The number of phenols is 1. The van der Waals surface area contributed by atoms with Gasteiger partial charge in [0.25, 0.3) is 0 Å². The van der Waals surface area contributed by atoms with E-state index in [1.165, 1.54) is 5.56 Å². The fourth-order valence-electron chi connectivity index (χ4n) is 6.51. The van der Waals surface area contributed by atoms with Crippen molar-refractivity contribution in [3.8, 4) is 56.3 Å². The number of rotatable bonds is 5. The highest BCUT2D eigenvalue weighted by Crippen LogP contribution is 2.39. The normalized spacial score (nSPS) is 11.7. The van der Waals surface area contributed by atoms with Crippen LogP contribution in [0.2, 0.25) is 0 Å². The zero-order valence-corrected chi connectivity index (χ0v) is 27.1. The topological polar surface area (TPSA) is 63.8 Å². The first-order valence-corrected chi connectivity index (χ1v) is 16.2. The number of phenolic OH excluding ortho intramolecular Hbond substituents is 1. The van der Waals surface area contributed by atoms with Gasteiger partial charge in [-0.15, -0.1) is 0 Å². The van der Waals surface area contributed by atoms with E-state index >= 15 is 0 Å². The Labute approximate surface area is 279 Å². The van der Waals surface area contributed by atoms with E-state index in [0.29, 0.717) is 11.3 Å². The minimum atomic E-state index is 0.0110. The summed E-state index contributed by atoms with van der Waals surface area (Å²) < 4.78 is 2.24. The average Bonchev–Trinajstić information content (AvgIpc) is 3.46. The van der Waals surface area contributed by atoms with Gasteiger partial charge < -0.3 is 5.11 Å². The second-order valence-electron chi connectivity index (χ2n) is 13.1. The summed E-state index contributed by atoms with van der Waals surface area (Å²) in [6.45, 7) is 6.64. The molecule has 0 atom stereocenters. The van der Waals surface area contributed by atoms with Crippen molar-refractivity contribution in [2.75, 3.05) is 0 Å². The Morgan fingerprint density at radius 3 is 2.08 bits per heavy atom. The molecule has 0 spiro atoms. The van der Waals surface area contributed by atoms with Crippen molar-refractivity contribution < 1.29 is 5.11 Å². The van der Waals surface area contributed by atoms with Crippen LogP contribution in [0.3, 0.4) is 0 Å². The van der Waals surface area contributed by atoms with Gasteiger partial charge in [0.2, 0.25) is 0 Å². The van der Waals surface area contributed by atoms with Crippen LogP contribution in [0, 0.1) is 0 Å². The zero-order chi connectivity index (χ0) is 32.8. The zero-order valence-electron chi connectivity index (χ0n) is 27.1. The van der Waals surface area contributed by atoms with Gasteiger partial charge in [-0.25, -0.2) is 9.97 Å². The molecule has 4 aromatic heterocycles. The van der Waals surface area contributed by atoms with Crippen LogP contribution in [0.4, 0.5) is 0 Å². The van der Waals surface area contributed by atoms with E-state index in [2.05, 4.69) is 128 Å². The van der Waals surface area contributed by atoms with Crippen molar-refractivity contribution in [3.05, 3.63) is 151 Å². The number of para-hydroxylation sites is 3. The maximum Gasteiger partial charge on any atom is 0.145 e. The number of hydrogen-bond acceptors (Lipinski definition) is 4. The third-order valence-electron chi connectivity index (χ3n) is 8.97. The van der Waals surface area contributed by atoms with Crippen molar-refractivity contribution in [1.82, 2.24) is 19.5 Å². The van der Waals surface area contributed by atoms with E-state index in [1.54, 1.807) is 6.07 Å². The van der Waals surface area contributed by atoms with E-state index in [4.69, 9.17) is 15.0 Å². The van der Waals surface area contributed by atoms with Gasteiger partial charge in [-0.3, -0.25) is 9.55 Å². The van der Waals surface area contributed by atoms with E-state index in [-0.39, 0.29) is 11.2 Å². The Morgan fingerprint density at radius 1 is 0.542 bits per heavy atom. The van der Waals surface area contributed by atoms with E-state index in [0.717, 1.165) is 61.3 Å². The summed E-state index contributed by atoms with van der Waals surface area (Å²) >= 11 is 0. The Hall–Kier alpha value is -6.07. The van der Waals surface area contributed by atoms with Gasteiger partial charge in [-0.1, -0.05) is 87.5 Å². The van der Waals surface area contributed by atoms with Crippen LogP contribution in [0.25, 0.3) is 72.5 Å². The molecule has 0 saturated heterocycles. The van der Waals surface area contributed by atoms with Crippen molar-refractivity contribution >= 4 is 21.9 Å². The third kappa shape index (κ3) is 5.19. The standard InChI is InChI=1S/C43H34N4O/c1-43(2,3)31-21-23-44-36(27-31)28-12-10-13-29(24-28)37-25-30(26-38(46-37)35-16-6-9-20-41(35)48)32-14-4-7-18-39(32)47-40-19-8-5-15-33(40)34-17-11-22-45-42(34)47/h4-27,48H,1-3H3. The summed E-state index contributed by atoms with van der Waals surface area (Å²) in [5.41, 5.74) is 11.3. The lowest BCUT2D eigenvalue weighted by atomic mass is 9.87. The van der Waals surface area contributed by atoms with Gasteiger partial charge in [0.05, 0.1) is 28.3 Å². The van der Waals surface area contributed by atoms with Gasteiger partial charge in [0, 0.05) is 45.4 Å². The Balaban J connectivity index is 1.35. The first-order chi connectivity index (χ1) is 23.3. The van der Waals surface area contributed by atoms with E-state index in [9.17, 15) is 5.11 Å². The van der Waals surface area contributed by atoms with Crippen LogP contribution in [0.5, 0.6) is 5.75 Å². The van der Waals surface area contributed by atoms with Crippen LogP contribution in [-0.4, -0.2) is 24.6 Å². The number of hydrogen-bond donors (Lipinski definition) is 1. The molecule has 0 aliphatic carbocycles. The fourth-order valence-corrected chi connectivity index (χ4v) is 6.51. The Morgan fingerprint density at radius 2 is 1.25 bits per heavy atom. The molecule has 4 aromatic carbocycles. The monoisotopic (exact) mass is 622 g/mol. The molecule has 232 valence electrons. The third-order valence-corrected chi connectivity index (χ3v) is 8.97.